The van der Waals surface area contributed by atoms with Crippen LogP contribution in [-0.2, 0) is 10.2 Å². The Morgan fingerprint density at radius 3 is 2.48 bits per heavy atom. The van der Waals surface area contributed by atoms with Crippen molar-refractivity contribution in [2.45, 2.75) is 30.5 Å². The predicted molar refractivity (Wildman–Crippen MR) is 86.0 cm³/mol. The second-order valence-electron chi connectivity index (χ2n) is 6.54. The number of hydrogen-bond donors (Lipinski definition) is 0. The van der Waals surface area contributed by atoms with E-state index < -0.39 is 22.9 Å². The maximum absolute atomic E-state index is 13.3. The fourth-order valence-electron chi connectivity index (χ4n) is 3.99. The monoisotopic (exact) mass is 355 g/mol. The van der Waals surface area contributed by atoms with E-state index in [-0.39, 0.29) is 12.5 Å². The SMILES string of the molecule is COc1ccc([C@@]23C=C(C(F)(F)F)C(=O)CC2N(C)CC3)cc1OC. The van der Waals surface area contributed by atoms with Crippen LogP contribution in [0.2, 0.25) is 0 Å². The number of benzene rings is 1. The van der Waals surface area contributed by atoms with Gasteiger partial charge in [0.05, 0.1) is 19.8 Å². The molecule has 3 rings (SSSR count). The van der Waals surface area contributed by atoms with Gasteiger partial charge in [0.25, 0.3) is 0 Å². The van der Waals surface area contributed by atoms with Gasteiger partial charge in [-0.05, 0) is 37.7 Å². The van der Waals surface area contributed by atoms with Crippen LogP contribution in [0, 0.1) is 0 Å². The van der Waals surface area contributed by atoms with Crippen molar-refractivity contribution in [3.05, 3.63) is 35.4 Å². The number of ether oxygens (including phenoxy) is 2. The van der Waals surface area contributed by atoms with Crippen LogP contribution in [-0.4, -0.2) is 50.7 Å². The number of carbonyl (C=O) groups excluding carboxylic acids is 1. The average Bonchev–Trinajstić information content (AvgIpc) is 2.90. The molecule has 7 heteroatoms. The molecule has 2 aliphatic rings. The number of likely N-dealkylation sites (tertiary alicyclic amines) is 1. The number of carbonyl (C=O) groups is 1. The molecule has 1 heterocycles. The summed E-state index contributed by atoms with van der Waals surface area (Å²) in [4.78, 5) is 14.0. The predicted octanol–water partition coefficient (Wildman–Crippen LogP) is 3.11. The second kappa shape index (κ2) is 6.05. The van der Waals surface area contributed by atoms with Gasteiger partial charge < -0.3 is 14.4 Å². The third kappa shape index (κ3) is 2.80. The minimum Gasteiger partial charge on any atom is -0.493 e. The quantitative estimate of drug-likeness (QED) is 0.835. The zero-order chi connectivity index (χ0) is 18.4. The minimum absolute atomic E-state index is 0.143. The van der Waals surface area contributed by atoms with Crippen LogP contribution in [0.3, 0.4) is 0 Å². The Morgan fingerprint density at radius 1 is 1.20 bits per heavy atom. The molecule has 1 unspecified atom stereocenters. The number of halogens is 3. The van der Waals surface area contributed by atoms with Crippen LogP contribution >= 0.6 is 0 Å². The Hall–Kier alpha value is -2.02. The molecule has 0 radical (unpaired) electrons. The fraction of sp³-hybridized carbons (Fsp3) is 0.500. The molecule has 1 aliphatic carbocycles. The van der Waals surface area contributed by atoms with Crippen LogP contribution in [0.15, 0.2) is 29.8 Å². The van der Waals surface area contributed by atoms with Crippen molar-refractivity contribution in [3.63, 3.8) is 0 Å². The van der Waals surface area contributed by atoms with Gasteiger partial charge in [-0.2, -0.15) is 13.2 Å². The van der Waals surface area contributed by atoms with E-state index in [9.17, 15) is 18.0 Å². The van der Waals surface area contributed by atoms with Crippen molar-refractivity contribution in [2.75, 3.05) is 27.8 Å². The van der Waals surface area contributed by atoms with E-state index in [2.05, 4.69) is 0 Å². The molecule has 4 nitrogen and oxygen atoms in total. The van der Waals surface area contributed by atoms with Crippen LogP contribution < -0.4 is 9.47 Å². The third-order valence-corrected chi connectivity index (χ3v) is 5.31. The van der Waals surface area contributed by atoms with Gasteiger partial charge in [-0.25, -0.2) is 0 Å². The van der Waals surface area contributed by atoms with E-state index >= 15 is 0 Å². The van der Waals surface area contributed by atoms with Crippen molar-refractivity contribution in [1.29, 1.82) is 0 Å². The number of allylic oxidation sites excluding steroid dienone is 1. The van der Waals surface area contributed by atoms with E-state index in [1.807, 2.05) is 11.9 Å². The summed E-state index contributed by atoms with van der Waals surface area (Å²) in [5.41, 5.74) is -1.21. The van der Waals surface area contributed by atoms with Gasteiger partial charge in [-0.15, -0.1) is 0 Å². The topological polar surface area (TPSA) is 38.8 Å². The summed E-state index contributed by atoms with van der Waals surface area (Å²) in [6.45, 7) is 0.619. The molecule has 25 heavy (non-hydrogen) atoms. The van der Waals surface area contributed by atoms with E-state index in [0.29, 0.717) is 30.0 Å². The molecule has 1 saturated heterocycles. The largest absolute Gasteiger partial charge is 0.493 e. The van der Waals surface area contributed by atoms with Gasteiger partial charge in [0.15, 0.2) is 17.3 Å². The van der Waals surface area contributed by atoms with Crippen LogP contribution in [0.5, 0.6) is 11.5 Å². The van der Waals surface area contributed by atoms with Gasteiger partial charge in [-0.1, -0.05) is 12.1 Å². The molecule has 0 spiro atoms. The zero-order valence-corrected chi connectivity index (χ0v) is 14.3. The fourth-order valence-corrected chi connectivity index (χ4v) is 3.99. The first-order valence-corrected chi connectivity index (χ1v) is 7.99. The molecule has 1 fully saturated rings. The number of fused-ring (bicyclic) bond motifs is 1. The molecule has 0 N–H and O–H groups in total. The smallest absolute Gasteiger partial charge is 0.419 e. The lowest BCUT2D eigenvalue weighted by atomic mass is 9.67. The summed E-state index contributed by atoms with van der Waals surface area (Å²) >= 11 is 0. The number of alkyl halides is 3. The van der Waals surface area contributed by atoms with Crippen molar-refractivity contribution < 1.29 is 27.4 Å². The van der Waals surface area contributed by atoms with Crippen LogP contribution in [0.4, 0.5) is 13.2 Å². The highest BCUT2D eigenvalue weighted by Crippen LogP contribution is 2.49. The zero-order valence-electron chi connectivity index (χ0n) is 14.3. The van der Waals surface area contributed by atoms with Gasteiger partial charge in [-0.3, -0.25) is 4.79 Å². The number of Topliss-reactive ketones (excluding diaryl/α,β-unsaturated/α-hetero) is 1. The van der Waals surface area contributed by atoms with Crippen molar-refractivity contribution in [3.8, 4) is 11.5 Å². The Morgan fingerprint density at radius 2 is 1.88 bits per heavy atom. The first kappa shape index (κ1) is 17.8. The lowest BCUT2D eigenvalue weighted by Gasteiger charge is -2.39. The highest BCUT2D eigenvalue weighted by molar-refractivity contribution is 5.98. The van der Waals surface area contributed by atoms with Crippen LogP contribution in [0.1, 0.15) is 18.4 Å². The van der Waals surface area contributed by atoms with E-state index in [1.54, 1.807) is 18.2 Å². The number of methoxy groups -OCH3 is 2. The Balaban J connectivity index is 2.18. The molecule has 0 bridgehead atoms. The first-order chi connectivity index (χ1) is 11.7. The summed E-state index contributed by atoms with van der Waals surface area (Å²) in [6, 6.07) is 4.86. The maximum atomic E-state index is 13.3. The number of hydrogen-bond acceptors (Lipinski definition) is 4. The number of nitrogens with zero attached hydrogens (tertiary/aromatic N) is 1. The Kier molecular flexibility index (Phi) is 4.31. The van der Waals surface area contributed by atoms with Gasteiger partial charge in [0.2, 0.25) is 0 Å². The molecular formula is C18H20F3NO3. The summed E-state index contributed by atoms with van der Waals surface area (Å²) in [5, 5.41) is 0. The van der Waals surface area contributed by atoms with E-state index in [1.165, 1.54) is 14.2 Å². The molecule has 0 aromatic heterocycles. The van der Waals surface area contributed by atoms with Gasteiger partial charge in [0, 0.05) is 17.9 Å². The van der Waals surface area contributed by atoms with Gasteiger partial charge >= 0.3 is 6.18 Å². The Labute approximate surface area is 144 Å². The van der Waals surface area contributed by atoms with Crippen molar-refractivity contribution in [2.24, 2.45) is 0 Å². The third-order valence-electron chi connectivity index (χ3n) is 5.31. The second-order valence-corrected chi connectivity index (χ2v) is 6.54. The number of ketones is 1. The summed E-state index contributed by atoms with van der Waals surface area (Å²) < 4.78 is 50.6. The highest BCUT2D eigenvalue weighted by atomic mass is 19.4. The van der Waals surface area contributed by atoms with Gasteiger partial charge in [0.1, 0.15) is 0 Å². The summed E-state index contributed by atoms with van der Waals surface area (Å²) in [5.74, 6) is 0.126. The molecule has 1 aromatic carbocycles. The van der Waals surface area contributed by atoms with E-state index in [0.717, 1.165) is 6.08 Å². The lowest BCUT2D eigenvalue weighted by molar-refractivity contribution is -0.131. The van der Waals surface area contributed by atoms with E-state index in [4.69, 9.17) is 9.47 Å². The van der Waals surface area contributed by atoms with Crippen molar-refractivity contribution in [1.82, 2.24) is 4.90 Å². The summed E-state index contributed by atoms with van der Waals surface area (Å²) in [7, 11) is 4.83. The lowest BCUT2D eigenvalue weighted by Crippen LogP contribution is -2.46. The molecule has 1 aliphatic heterocycles. The molecular weight excluding hydrogens is 335 g/mol. The molecule has 0 amide bonds. The molecule has 0 saturated carbocycles. The molecule has 136 valence electrons. The molecule has 2 atom stereocenters. The highest BCUT2D eigenvalue weighted by Gasteiger charge is 2.54. The standard InChI is InChI=1S/C18H20F3NO3/c1-22-7-6-17(11-4-5-14(24-2)15(8-11)25-3)10-12(18(19,20)21)13(23)9-16(17)22/h4-5,8,10,16H,6-7,9H2,1-3H3/t16?,17-/m1/s1. The minimum atomic E-state index is -4.65. The Bertz CT molecular complexity index is 729. The number of rotatable bonds is 3. The number of likely N-dealkylation sites (N-methyl/N-ethyl adjacent to an activating group) is 1. The van der Waals surface area contributed by atoms with Crippen molar-refractivity contribution >= 4 is 5.78 Å². The average molecular weight is 355 g/mol. The maximum Gasteiger partial charge on any atom is 0.419 e. The first-order valence-electron chi connectivity index (χ1n) is 7.99. The normalized spacial score (nSPS) is 27.0. The van der Waals surface area contributed by atoms with Crippen LogP contribution in [0.25, 0.3) is 0 Å². The summed E-state index contributed by atoms with van der Waals surface area (Å²) in [6.07, 6.45) is -3.15. The molecule has 1 aromatic rings.